The number of aryl methyl sites for hydroxylation is 1. The molecule has 1 saturated heterocycles. The lowest BCUT2D eigenvalue weighted by Gasteiger charge is -2.27. The SMILES string of the molecule is Cc1cc(C(=O)N2CC(O)CC2CN(C)C)ccc1NN. The number of aliphatic hydroxyl groups excluding tert-OH is 1. The zero-order chi connectivity index (χ0) is 15.6. The predicted octanol–water partition coefficient (Wildman–Crippen LogP) is 0.418. The molecular formula is C15H24N4O2. The summed E-state index contributed by atoms with van der Waals surface area (Å²) in [4.78, 5) is 16.5. The number of carbonyl (C=O) groups excluding carboxylic acids is 1. The normalized spacial score (nSPS) is 21.9. The largest absolute Gasteiger partial charge is 0.391 e. The van der Waals surface area contributed by atoms with Gasteiger partial charge in [0.25, 0.3) is 5.91 Å². The van der Waals surface area contributed by atoms with Crippen LogP contribution in [0.5, 0.6) is 0 Å². The van der Waals surface area contributed by atoms with Crippen LogP contribution >= 0.6 is 0 Å². The summed E-state index contributed by atoms with van der Waals surface area (Å²) in [5, 5.41) is 9.88. The molecule has 1 aliphatic heterocycles. The van der Waals surface area contributed by atoms with Gasteiger partial charge in [-0.15, -0.1) is 0 Å². The Bertz CT molecular complexity index is 518. The number of hydrogen-bond acceptors (Lipinski definition) is 5. The average molecular weight is 292 g/mol. The third-order valence-electron chi connectivity index (χ3n) is 3.86. The van der Waals surface area contributed by atoms with Crippen molar-refractivity contribution in [2.45, 2.75) is 25.5 Å². The summed E-state index contributed by atoms with van der Waals surface area (Å²) < 4.78 is 0. The van der Waals surface area contributed by atoms with E-state index in [1.165, 1.54) is 0 Å². The summed E-state index contributed by atoms with van der Waals surface area (Å²) >= 11 is 0. The topological polar surface area (TPSA) is 81.8 Å². The van der Waals surface area contributed by atoms with Gasteiger partial charge in [-0.1, -0.05) is 0 Å². The number of rotatable bonds is 4. The highest BCUT2D eigenvalue weighted by Crippen LogP contribution is 2.23. The van der Waals surface area contributed by atoms with Crippen LogP contribution in [0.3, 0.4) is 0 Å². The summed E-state index contributed by atoms with van der Waals surface area (Å²) in [6, 6.07) is 5.45. The molecule has 6 nitrogen and oxygen atoms in total. The lowest BCUT2D eigenvalue weighted by Crippen LogP contribution is -2.41. The first-order chi connectivity index (χ1) is 9.92. The summed E-state index contributed by atoms with van der Waals surface area (Å²) in [6.07, 6.45) is 0.190. The molecule has 1 aromatic rings. The molecule has 0 aromatic heterocycles. The number of anilines is 1. The van der Waals surface area contributed by atoms with E-state index in [9.17, 15) is 9.90 Å². The van der Waals surface area contributed by atoms with E-state index < -0.39 is 6.10 Å². The second kappa shape index (κ2) is 6.43. The number of hydrazine groups is 1. The molecule has 2 atom stereocenters. The zero-order valence-electron chi connectivity index (χ0n) is 12.8. The lowest BCUT2D eigenvalue weighted by atomic mass is 10.1. The highest BCUT2D eigenvalue weighted by Gasteiger charge is 2.34. The van der Waals surface area contributed by atoms with Gasteiger partial charge in [0, 0.05) is 24.7 Å². The van der Waals surface area contributed by atoms with Gasteiger partial charge in [0.1, 0.15) is 0 Å². The number of likely N-dealkylation sites (tertiary alicyclic amines) is 1. The number of nitrogens with zero attached hydrogens (tertiary/aromatic N) is 2. The molecule has 1 aromatic carbocycles. The first-order valence-corrected chi connectivity index (χ1v) is 7.13. The Hall–Kier alpha value is -1.63. The van der Waals surface area contributed by atoms with E-state index in [4.69, 9.17) is 5.84 Å². The number of likely N-dealkylation sites (N-methyl/N-ethyl adjacent to an activating group) is 1. The van der Waals surface area contributed by atoms with Gasteiger partial charge in [0.05, 0.1) is 11.8 Å². The quantitative estimate of drug-likeness (QED) is 0.553. The van der Waals surface area contributed by atoms with Crippen molar-refractivity contribution in [3.63, 3.8) is 0 Å². The van der Waals surface area contributed by atoms with Crippen LogP contribution in [-0.2, 0) is 0 Å². The monoisotopic (exact) mass is 292 g/mol. The molecule has 4 N–H and O–H groups in total. The Kier molecular flexibility index (Phi) is 4.82. The number of aliphatic hydroxyl groups is 1. The Labute approximate surface area is 125 Å². The van der Waals surface area contributed by atoms with Gasteiger partial charge in [-0.25, -0.2) is 0 Å². The molecular weight excluding hydrogens is 268 g/mol. The van der Waals surface area contributed by atoms with Gasteiger partial charge in [-0.05, 0) is 51.2 Å². The van der Waals surface area contributed by atoms with E-state index in [-0.39, 0.29) is 11.9 Å². The fraction of sp³-hybridized carbons (Fsp3) is 0.533. The molecule has 21 heavy (non-hydrogen) atoms. The summed E-state index contributed by atoms with van der Waals surface area (Å²) in [7, 11) is 3.94. The smallest absolute Gasteiger partial charge is 0.254 e. The van der Waals surface area contributed by atoms with Crippen molar-refractivity contribution in [1.29, 1.82) is 0 Å². The minimum absolute atomic E-state index is 0.0370. The van der Waals surface area contributed by atoms with E-state index in [0.717, 1.165) is 17.8 Å². The predicted molar refractivity (Wildman–Crippen MR) is 83.0 cm³/mol. The van der Waals surface area contributed by atoms with Crippen LogP contribution in [0.15, 0.2) is 18.2 Å². The average Bonchev–Trinajstić information content (AvgIpc) is 2.77. The van der Waals surface area contributed by atoms with Crippen LogP contribution in [-0.4, -0.2) is 60.1 Å². The first kappa shape index (κ1) is 15.8. The van der Waals surface area contributed by atoms with Gasteiger partial charge >= 0.3 is 0 Å². The van der Waals surface area contributed by atoms with E-state index >= 15 is 0 Å². The third-order valence-corrected chi connectivity index (χ3v) is 3.86. The highest BCUT2D eigenvalue weighted by molar-refractivity contribution is 5.95. The van der Waals surface area contributed by atoms with Crippen molar-refractivity contribution < 1.29 is 9.90 Å². The summed E-state index contributed by atoms with van der Waals surface area (Å²) in [6.45, 7) is 3.06. The molecule has 1 heterocycles. The van der Waals surface area contributed by atoms with Gasteiger partial charge in [-0.3, -0.25) is 10.6 Å². The van der Waals surface area contributed by atoms with Crippen molar-refractivity contribution in [3.05, 3.63) is 29.3 Å². The van der Waals surface area contributed by atoms with Crippen LogP contribution in [0, 0.1) is 6.92 Å². The van der Waals surface area contributed by atoms with E-state index in [1.807, 2.05) is 32.0 Å². The molecule has 1 fully saturated rings. The molecule has 0 radical (unpaired) electrons. The third kappa shape index (κ3) is 3.53. The number of nitrogen functional groups attached to an aromatic ring is 1. The Morgan fingerprint density at radius 2 is 2.24 bits per heavy atom. The van der Waals surface area contributed by atoms with Crippen LogP contribution in [0.25, 0.3) is 0 Å². The van der Waals surface area contributed by atoms with Gasteiger partial charge in [0.15, 0.2) is 0 Å². The maximum atomic E-state index is 12.7. The Morgan fingerprint density at radius 1 is 1.52 bits per heavy atom. The maximum Gasteiger partial charge on any atom is 0.254 e. The van der Waals surface area contributed by atoms with Crippen LogP contribution in [0.1, 0.15) is 22.3 Å². The van der Waals surface area contributed by atoms with Crippen molar-refractivity contribution in [3.8, 4) is 0 Å². The highest BCUT2D eigenvalue weighted by atomic mass is 16.3. The molecule has 0 saturated carbocycles. The molecule has 0 bridgehead atoms. The molecule has 116 valence electrons. The lowest BCUT2D eigenvalue weighted by molar-refractivity contribution is 0.0699. The van der Waals surface area contributed by atoms with Gasteiger partial charge < -0.3 is 20.3 Å². The van der Waals surface area contributed by atoms with Crippen LogP contribution in [0.2, 0.25) is 0 Å². The van der Waals surface area contributed by atoms with Crippen molar-refractivity contribution in [2.75, 3.05) is 32.6 Å². The minimum atomic E-state index is -0.440. The number of benzene rings is 1. The van der Waals surface area contributed by atoms with E-state index in [1.54, 1.807) is 17.0 Å². The van der Waals surface area contributed by atoms with Crippen LogP contribution in [0.4, 0.5) is 5.69 Å². The molecule has 6 heteroatoms. The summed E-state index contributed by atoms with van der Waals surface area (Å²) in [5.74, 6) is 5.37. The minimum Gasteiger partial charge on any atom is -0.391 e. The molecule has 0 spiro atoms. The van der Waals surface area contributed by atoms with Crippen molar-refractivity contribution in [2.24, 2.45) is 5.84 Å². The van der Waals surface area contributed by atoms with E-state index in [0.29, 0.717) is 18.5 Å². The molecule has 0 aliphatic carbocycles. The first-order valence-electron chi connectivity index (χ1n) is 7.13. The molecule has 1 aliphatic rings. The van der Waals surface area contributed by atoms with Gasteiger partial charge in [-0.2, -0.15) is 0 Å². The molecule has 1 amide bonds. The standard InChI is InChI=1S/C15H24N4O2/c1-10-6-11(4-5-14(10)17-16)15(21)19-9-13(20)7-12(19)8-18(2)3/h4-6,12-13,17,20H,7-9,16H2,1-3H3. The van der Waals surface area contributed by atoms with Crippen molar-refractivity contribution in [1.82, 2.24) is 9.80 Å². The number of β-amino-alcohol motifs (C(OH)–C–C–N with tert-alkyl or cyclic N) is 1. The second-order valence-corrected chi connectivity index (χ2v) is 5.94. The van der Waals surface area contributed by atoms with Crippen molar-refractivity contribution >= 4 is 11.6 Å². The number of amides is 1. The van der Waals surface area contributed by atoms with E-state index in [2.05, 4.69) is 5.43 Å². The van der Waals surface area contributed by atoms with Gasteiger partial charge in [0.2, 0.25) is 0 Å². The Morgan fingerprint density at radius 3 is 2.81 bits per heavy atom. The number of carbonyl (C=O) groups is 1. The fourth-order valence-electron chi connectivity index (χ4n) is 2.86. The fourth-order valence-corrected chi connectivity index (χ4v) is 2.86. The number of nitrogens with one attached hydrogen (secondary N) is 1. The summed E-state index contributed by atoms with van der Waals surface area (Å²) in [5.41, 5.74) is 4.96. The van der Waals surface area contributed by atoms with Crippen LogP contribution < -0.4 is 11.3 Å². The second-order valence-electron chi connectivity index (χ2n) is 5.94. The Balaban J connectivity index is 2.19. The number of hydrogen-bond donors (Lipinski definition) is 3. The number of nitrogens with two attached hydrogens (primary N) is 1. The maximum absolute atomic E-state index is 12.7. The molecule has 2 rings (SSSR count). The molecule has 2 unspecified atom stereocenters. The zero-order valence-corrected chi connectivity index (χ0v) is 12.8.